The average molecular weight is 333 g/mol. The van der Waals surface area contributed by atoms with Crippen LogP contribution in [0.2, 0.25) is 0 Å². The molecule has 4 nitrogen and oxygen atoms in total. The van der Waals surface area contributed by atoms with Crippen molar-refractivity contribution in [2.24, 2.45) is 5.92 Å². The first-order chi connectivity index (χ1) is 11.5. The summed E-state index contributed by atoms with van der Waals surface area (Å²) >= 11 is 0. The van der Waals surface area contributed by atoms with Crippen molar-refractivity contribution in [2.75, 3.05) is 14.1 Å². The molecule has 0 radical (unpaired) electrons. The lowest BCUT2D eigenvalue weighted by Gasteiger charge is -2.24. The second kappa shape index (κ2) is 7.62. The molecule has 5 heteroatoms. The van der Waals surface area contributed by atoms with Crippen molar-refractivity contribution in [2.45, 2.75) is 57.3 Å². The Morgan fingerprint density at radius 1 is 1.33 bits per heavy atom. The molecule has 1 aliphatic carbocycles. The molecule has 1 heterocycles. The van der Waals surface area contributed by atoms with E-state index < -0.39 is 0 Å². The van der Waals surface area contributed by atoms with Gasteiger partial charge in [0.05, 0.1) is 6.04 Å². The normalized spacial score (nSPS) is 26.4. The van der Waals surface area contributed by atoms with Gasteiger partial charge in [0, 0.05) is 24.7 Å². The number of rotatable bonds is 5. The summed E-state index contributed by atoms with van der Waals surface area (Å²) in [7, 11) is 3.83. The van der Waals surface area contributed by atoms with Gasteiger partial charge in [0.1, 0.15) is 5.82 Å². The van der Waals surface area contributed by atoms with Crippen LogP contribution in [0.1, 0.15) is 43.2 Å². The fourth-order valence-corrected chi connectivity index (χ4v) is 4.03. The quantitative estimate of drug-likeness (QED) is 0.870. The van der Waals surface area contributed by atoms with Gasteiger partial charge in [0.25, 0.3) is 0 Å². The van der Waals surface area contributed by atoms with Crippen LogP contribution in [-0.2, 0) is 17.9 Å². The number of carbonyl (C=O) groups excluding carboxylic acids is 1. The van der Waals surface area contributed by atoms with Crippen LogP contribution in [0, 0.1) is 11.7 Å². The van der Waals surface area contributed by atoms with Crippen LogP contribution in [0.5, 0.6) is 0 Å². The summed E-state index contributed by atoms with van der Waals surface area (Å²) in [5.41, 5.74) is 1.61. The minimum atomic E-state index is -0.194. The van der Waals surface area contributed by atoms with Crippen molar-refractivity contribution < 1.29 is 9.18 Å². The second-order valence-corrected chi connectivity index (χ2v) is 7.49. The third kappa shape index (κ3) is 4.14. The molecule has 0 spiro atoms. The Hall–Kier alpha value is -1.46. The van der Waals surface area contributed by atoms with E-state index in [1.807, 2.05) is 25.1 Å². The van der Waals surface area contributed by atoms with E-state index in [-0.39, 0.29) is 17.8 Å². The number of fused-ring (bicyclic) bond motifs is 1. The Kier molecular flexibility index (Phi) is 5.51. The van der Waals surface area contributed by atoms with E-state index in [9.17, 15) is 9.18 Å². The maximum absolute atomic E-state index is 13.8. The van der Waals surface area contributed by atoms with E-state index in [0.29, 0.717) is 30.6 Å². The molecule has 1 saturated carbocycles. The molecule has 24 heavy (non-hydrogen) atoms. The van der Waals surface area contributed by atoms with Crippen LogP contribution in [-0.4, -0.2) is 37.0 Å². The number of benzene rings is 1. The largest absolute Gasteiger partial charge is 0.351 e. The van der Waals surface area contributed by atoms with E-state index in [4.69, 9.17) is 0 Å². The van der Waals surface area contributed by atoms with Gasteiger partial charge in [-0.1, -0.05) is 18.9 Å². The van der Waals surface area contributed by atoms with Crippen LogP contribution in [0.3, 0.4) is 0 Å². The molecule has 0 aromatic heterocycles. The van der Waals surface area contributed by atoms with Crippen LogP contribution < -0.4 is 10.6 Å². The maximum Gasteiger partial charge on any atom is 0.237 e. The highest BCUT2D eigenvalue weighted by Gasteiger charge is 2.37. The number of nitrogens with one attached hydrogen (secondary N) is 2. The van der Waals surface area contributed by atoms with Gasteiger partial charge in [-0.05, 0) is 57.0 Å². The van der Waals surface area contributed by atoms with Gasteiger partial charge in [-0.3, -0.25) is 4.79 Å². The van der Waals surface area contributed by atoms with Gasteiger partial charge in [-0.2, -0.15) is 0 Å². The zero-order valence-electron chi connectivity index (χ0n) is 14.6. The fourth-order valence-electron chi connectivity index (χ4n) is 4.03. The SMILES string of the molecule is CN(C)Cc1cc(CNC(=O)C2CC3CCCCC3N2)ccc1F. The molecular formula is C19H28FN3O. The molecule has 1 amide bonds. The van der Waals surface area contributed by atoms with E-state index in [2.05, 4.69) is 10.6 Å². The zero-order valence-corrected chi connectivity index (χ0v) is 14.6. The van der Waals surface area contributed by atoms with Crippen LogP contribution in [0.25, 0.3) is 0 Å². The predicted octanol–water partition coefficient (Wildman–Crippen LogP) is 2.42. The Balaban J connectivity index is 1.54. The predicted molar refractivity (Wildman–Crippen MR) is 92.9 cm³/mol. The van der Waals surface area contributed by atoms with Crippen LogP contribution in [0.4, 0.5) is 4.39 Å². The molecule has 2 N–H and O–H groups in total. The highest BCUT2D eigenvalue weighted by atomic mass is 19.1. The summed E-state index contributed by atoms with van der Waals surface area (Å²) in [5, 5.41) is 6.51. The Bertz CT molecular complexity index is 576. The summed E-state index contributed by atoms with van der Waals surface area (Å²) < 4.78 is 13.8. The van der Waals surface area contributed by atoms with Crippen molar-refractivity contribution in [3.05, 3.63) is 35.1 Å². The molecule has 132 valence electrons. The molecule has 3 unspecified atom stereocenters. The topological polar surface area (TPSA) is 44.4 Å². The van der Waals surface area contributed by atoms with Gasteiger partial charge < -0.3 is 15.5 Å². The van der Waals surface area contributed by atoms with Crippen molar-refractivity contribution >= 4 is 5.91 Å². The number of hydrogen-bond donors (Lipinski definition) is 2. The number of halogens is 1. The smallest absolute Gasteiger partial charge is 0.237 e. The number of nitrogens with zero attached hydrogens (tertiary/aromatic N) is 1. The number of amides is 1. The Labute approximate surface area is 143 Å². The molecule has 1 saturated heterocycles. The summed E-state index contributed by atoms with van der Waals surface area (Å²) in [5.74, 6) is 0.537. The summed E-state index contributed by atoms with van der Waals surface area (Å²) in [6.45, 7) is 1.01. The third-order valence-electron chi connectivity index (χ3n) is 5.24. The van der Waals surface area contributed by atoms with Crippen molar-refractivity contribution in [3.8, 4) is 0 Å². The van der Waals surface area contributed by atoms with E-state index in [1.165, 1.54) is 31.7 Å². The van der Waals surface area contributed by atoms with E-state index >= 15 is 0 Å². The molecule has 3 atom stereocenters. The molecule has 1 aromatic carbocycles. The number of hydrogen-bond acceptors (Lipinski definition) is 3. The number of carbonyl (C=O) groups is 1. The lowest BCUT2D eigenvalue weighted by Crippen LogP contribution is -2.42. The van der Waals surface area contributed by atoms with Gasteiger partial charge in [-0.25, -0.2) is 4.39 Å². The standard InChI is InChI=1S/C19H28FN3O/c1-23(2)12-15-9-13(7-8-16(15)20)11-21-19(24)18-10-14-5-3-4-6-17(14)22-18/h7-9,14,17-18,22H,3-6,10-12H2,1-2H3,(H,21,24). The van der Waals surface area contributed by atoms with Crippen molar-refractivity contribution in [1.29, 1.82) is 0 Å². The summed E-state index contributed by atoms with van der Waals surface area (Å²) in [6.07, 6.45) is 5.95. The van der Waals surface area contributed by atoms with Crippen molar-refractivity contribution in [1.82, 2.24) is 15.5 Å². The minimum Gasteiger partial charge on any atom is -0.351 e. The van der Waals surface area contributed by atoms with Gasteiger partial charge in [0.2, 0.25) is 5.91 Å². The minimum absolute atomic E-state index is 0.0696. The molecular weight excluding hydrogens is 305 g/mol. The first-order valence-corrected chi connectivity index (χ1v) is 8.98. The molecule has 2 fully saturated rings. The fraction of sp³-hybridized carbons (Fsp3) is 0.632. The highest BCUT2D eigenvalue weighted by molar-refractivity contribution is 5.82. The van der Waals surface area contributed by atoms with Gasteiger partial charge >= 0.3 is 0 Å². The zero-order chi connectivity index (χ0) is 17.1. The molecule has 3 rings (SSSR count). The van der Waals surface area contributed by atoms with Crippen molar-refractivity contribution in [3.63, 3.8) is 0 Å². The second-order valence-electron chi connectivity index (χ2n) is 7.49. The van der Waals surface area contributed by atoms with E-state index in [0.717, 1.165) is 12.0 Å². The summed E-state index contributed by atoms with van der Waals surface area (Å²) in [6, 6.07) is 5.53. The summed E-state index contributed by atoms with van der Waals surface area (Å²) in [4.78, 5) is 14.4. The van der Waals surface area contributed by atoms with Gasteiger partial charge in [-0.15, -0.1) is 0 Å². The lowest BCUT2D eigenvalue weighted by molar-refractivity contribution is -0.123. The van der Waals surface area contributed by atoms with Gasteiger partial charge in [0.15, 0.2) is 0 Å². The monoisotopic (exact) mass is 333 g/mol. The van der Waals surface area contributed by atoms with E-state index in [1.54, 1.807) is 6.07 Å². The molecule has 1 aromatic rings. The molecule has 1 aliphatic heterocycles. The molecule has 2 aliphatic rings. The van der Waals surface area contributed by atoms with Crippen LogP contribution in [0.15, 0.2) is 18.2 Å². The highest BCUT2D eigenvalue weighted by Crippen LogP contribution is 2.33. The Morgan fingerprint density at radius 3 is 2.88 bits per heavy atom. The third-order valence-corrected chi connectivity index (χ3v) is 5.24. The average Bonchev–Trinajstić information content (AvgIpc) is 2.99. The Morgan fingerprint density at radius 2 is 2.12 bits per heavy atom. The molecule has 0 bridgehead atoms. The maximum atomic E-state index is 13.8. The first kappa shape index (κ1) is 17.4. The lowest BCUT2D eigenvalue weighted by atomic mass is 9.85. The first-order valence-electron chi connectivity index (χ1n) is 8.98. The van der Waals surface area contributed by atoms with Crippen LogP contribution >= 0.6 is 0 Å².